The zero-order chi connectivity index (χ0) is 11.4. The number of furan rings is 1. The molecule has 4 heteroatoms. The lowest BCUT2D eigenvalue weighted by Gasteiger charge is -2.12. The van der Waals surface area contributed by atoms with E-state index in [0.29, 0.717) is 0 Å². The van der Waals surface area contributed by atoms with E-state index >= 15 is 0 Å². The highest BCUT2D eigenvalue weighted by Crippen LogP contribution is 2.08. The highest BCUT2D eigenvalue weighted by atomic mass is 16.3. The van der Waals surface area contributed by atoms with Crippen LogP contribution < -0.4 is 5.32 Å². The van der Waals surface area contributed by atoms with Gasteiger partial charge in [0.15, 0.2) is 0 Å². The van der Waals surface area contributed by atoms with Crippen molar-refractivity contribution in [1.29, 1.82) is 0 Å². The molecule has 0 aliphatic heterocycles. The minimum atomic E-state index is 0.259. The van der Waals surface area contributed by atoms with Gasteiger partial charge in [0.1, 0.15) is 11.6 Å². The summed E-state index contributed by atoms with van der Waals surface area (Å²) in [5.74, 6) is 2.07. The summed E-state index contributed by atoms with van der Waals surface area (Å²) in [5.41, 5.74) is 0. The summed E-state index contributed by atoms with van der Waals surface area (Å²) in [6.07, 6.45) is 6.39. The molecule has 1 atom stereocenters. The molecule has 4 nitrogen and oxygen atoms in total. The number of nitrogens with zero attached hydrogens (tertiary/aromatic N) is 2. The molecule has 0 radical (unpaired) electrons. The first-order chi connectivity index (χ1) is 7.77. The Hall–Kier alpha value is -1.55. The van der Waals surface area contributed by atoms with Gasteiger partial charge in [-0.25, -0.2) is 4.98 Å². The van der Waals surface area contributed by atoms with Gasteiger partial charge in [-0.15, -0.1) is 0 Å². The van der Waals surface area contributed by atoms with E-state index in [1.54, 1.807) is 6.26 Å². The molecule has 0 aliphatic rings. The molecule has 0 saturated carbocycles. The molecule has 0 bridgehead atoms. The van der Waals surface area contributed by atoms with Crippen LogP contribution in [-0.4, -0.2) is 16.1 Å². The van der Waals surface area contributed by atoms with Crippen molar-refractivity contribution in [3.8, 4) is 0 Å². The molecule has 0 aromatic carbocycles. The second kappa shape index (κ2) is 4.99. The Morgan fingerprint density at radius 1 is 1.56 bits per heavy atom. The number of nitrogens with one attached hydrogen (secondary N) is 1. The fourth-order valence-electron chi connectivity index (χ4n) is 1.75. The third-order valence-corrected chi connectivity index (χ3v) is 2.65. The lowest BCUT2D eigenvalue weighted by atomic mass is 10.2. The van der Waals surface area contributed by atoms with Crippen LogP contribution in [0, 0.1) is 0 Å². The van der Waals surface area contributed by atoms with E-state index in [4.69, 9.17) is 4.42 Å². The summed E-state index contributed by atoms with van der Waals surface area (Å²) in [4.78, 5) is 4.31. The van der Waals surface area contributed by atoms with Crippen molar-refractivity contribution in [3.63, 3.8) is 0 Å². The molecule has 0 amide bonds. The monoisotopic (exact) mass is 219 g/mol. The smallest absolute Gasteiger partial charge is 0.125 e. The van der Waals surface area contributed by atoms with Crippen molar-refractivity contribution in [2.45, 2.75) is 19.4 Å². The van der Waals surface area contributed by atoms with Crippen LogP contribution in [0.5, 0.6) is 0 Å². The van der Waals surface area contributed by atoms with Crippen LogP contribution in [0.25, 0.3) is 0 Å². The van der Waals surface area contributed by atoms with E-state index in [1.165, 1.54) is 0 Å². The van der Waals surface area contributed by atoms with Gasteiger partial charge in [-0.2, -0.15) is 0 Å². The molecule has 16 heavy (non-hydrogen) atoms. The van der Waals surface area contributed by atoms with E-state index in [2.05, 4.69) is 17.2 Å². The van der Waals surface area contributed by atoms with E-state index in [0.717, 1.165) is 24.6 Å². The summed E-state index contributed by atoms with van der Waals surface area (Å²) >= 11 is 0. The second-order valence-corrected chi connectivity index (χ2v) is 3.90. The predicted molar refractivity (Wildman–Crippen MR) is 62.0 cm³/mol. The summed E-state index contributed by atoms with van der Waals surface area (Å²) < 4.78 is 7.30. The average Bonchev–Trinajstić information content (AvgIpc) is 2.88. The fraction of sp³-hybridized carbons (Fsp3) is 0.417. The first-order valence-corrected chi connectivity index (χ1v) is 5.50. The molecule has 86 valence electrons. The highest BCUT2D eigenvalue weighted by molar-refractivity contribution is 5.00. The lowest BCUT2D eigenvalue weighted by Crippen LogP contribution is -2.23. The third kappa shape index (κ3) is 2.52. The maximum atomic E-state index is 5.27. The topological polar surface area (TPSA) is 43.0 Å². The minimum Gasteiger partial charge on any atom is -0.469 e. The summed E-state index contributed by atoms with van der Waals surface area (Å²) in [5, 5.41) is 3.42. The summed E-state index contributed by atoms with van der Waals surface area (Å²) in [7, 11) is 2.01. The molecule has 2 rings (SSSR count). The van der Waals surface area contributed by atoms with Crippen LogP contribution in [0.3, 0.4) is 0 Å². The van der Waals surface area contributed by atoms with Crippen LogP contribution in [0.2, 0.25) is 0 Å². The standard InChI is InChI=1S/C12H17N3O/c1-10(12-14-7-8-15(12)2)13-6-5-11-4-3-9-16-11/h3-4,7-10,13H,5-6H2,1-2H3. The zero-order valence-electron chi connectivity index (χ0n) is 9.68. The van der Waals surface area contributed by atoms with E-state index in [1.807, 2.05) is 36.1 Å². The van der Waals surface area contributed by atoms with E-state index in [9.17, 15) is 0 Å². The molecule has 0 aliphatic carbocycles. The van der Waals surface area contributed by atoms with Gasteiger partial charge in [-0.3, -0.25) is 0 Å². The van der Waals surface area contributed by atoms with Crippen LogP contribution in [0.15, 0.2) is 35.2 Å². The van der Waals surface area contributed by atoms with E-state index in [-0.39, 0.29) is 6.04 Å². The molecule has 1 unspecified atom stereocenters. The molecule has 2 aromatic rings. The van der Waals surface area contributed by atoms with Gasteiger partial charge < -0.3 is 14.3 Å². The molecule has 0 spiro atoms. The Bertz CT molecular complexity index is 419. The Labute approximate surface area is 95.3 Å². The van der Waals surface area contributed by atoms with Gasteiger partial charge >= 0.3 is 0 Å². The Balaban J connectivity index is 1.80. The SMILES string of the molecule is CC(NCCc1ccco1)c1nccn1C. The number of aromatic nitrogens is 2. The summed E-state index contributed by atoms with van der Waals surface area (Å²) in [6, 6.07) is 4.17. The lowest BCUT2D eigenvalue weighted by molar-refractivity contribution is 0.476. The van der Waals surface area contributed by atoms with Crippen LogP contribution in [0.4, 0.5) is 0 Å². The molecule has 0 fully saturated rings. The van der Waals surface area contributed by atoms with Gasteiger partial charge in [0.05, 0.1) is 12.3 Å². The van der Waals surface area contributed by atoms with Crippen molar-refractivity contribution in [2.75, 3.05) is 6.54 Å². The van der Waals surface area contributed by atoms with Gasteiger partial charge in [-0.05, 0) is 19.1 Å². The maximum absolute atomic E-state index is 5.27. The van der Waals surface area contributed by atoms with Crippen LogP contribution in [0.1, 0.15) is 24.6 Å². The molecule has 2 aromatic heterocycles. The number of hydrogen-bond donors (Lipinski definition) is 1. The third-order valence-electron chi connectivity index (χ3n) is 2.65. The zero-order valence-corrected chi connectivity index (χ0v) is 9.68. The predicted octanol–water partition coefficient (Wildman–Crippen LogP) is 1.91. The van der Waals surface area contributed by atoms with E-state index < -0.39 is 0 Å². The van der Waals surface area contributed by atoms with Crippen molar-refractivity contribution in [2.24, 2.45) is 7.05 Å². The first kappa shape index (κ1) is 11.0. The quantitative estimate of drug-likeness (QED) is 0.835. The largest absolute Gasteiger partial charge is 0.469 e. The van der Waals surface area contributed by atoms with Crippen molar-refractivity contribution in [1.82, 2.24) is 14.9 Å². The van der Waals surface area contributed by atoms with Crippen molar-refractivity contribution in [3.05, 3.63) is 42.4 Å². The second-order valence-electron chi connectivity index (χ2n) is 3.90. The Kier molecular flexibility index (Phi) is 3.41. The summed E-state index contributed by atoms with van der Waals surface area (Å²) in [6.45, 7) is 3.01. The van der Waals surface area contributed by atoms with Crippen molar-refractivity contribution >= 4 is 0 Å². The van der Waals surface area contributed by atoms with Gasteiger partial charge in [0.25, 0.3) is 0 Å². The van der Waals surface area contributed by atoms with Crippen molar-refractivity contribution < 1.29 is 4.42 Å². The number of aryl methyl sites for hydroxylation is 1. The number of rotatable bonds is 5. The first-order valence-electron chi connectivity index (χ1n) is 5.50. The molecule has 1 N–H and O–H groups in total. The Morgan fingerprint density at radius 3 is 3.06 bits per heavy atom. The van der Waals surface area contributed by atoms with Gasteiger partial charge in [0, 0.05) is 32.4 Å². The van der Waals surface area contributed by atoms with Gasteiger partial charge in [0.2, 0.25) is 0 Å². The van der Waals surface area contributed by atoms with Gasteiger partial charge in [-0.1, -0.05) is 0 Å². The Morgan fingerprint density at radius 2 is 2.44 bits per heavy atom. The number of hydrogen-bond acceptors (Lipinski definition) is 3. The molecular weight excluding hydrogens is 202 g/mol. The fourth-order valence-corrected chi connectivity index (χ4v) is 1.75. The average molecular weight is 219 g/mol. The molecular formula is C12H17N3O. The minimum absolute atomic E-state index is 0.259. The van der Waals surface area contributed by atoms with Crippen LogP contribution in [-0.2, 0) is 13.5 Å². The molecule has 0 saturated heterocycles. The van der Waals surface area contributed by atoms with Crippen LogP contribution >= 0.6 is 0 Å². The number of imidazole rings is 1. The maximum Gasteiger partial charge on any atom is 0.125 e. The molecule has 2 heterocycles. The highest BCUT2D eigenvalue weighted by Gasteiger charge is 2.08. The normalized spacial score (nSPS) is 12.9.